The van der Waals surface area contributed by atoms with Crippen molar-refractivity contribution in [3.8, 4) is 5.69 Å². The van der Waals surface area contributed by atoms with Gasteiger partial charge in [-0.15, -0.1) is 5.10 Å². The number of nitro benzene ring substituents is 1. The fourth-order valence-corrected chi connectivity index (χ4v) is 3.96. The molecule has 1 aliphatic heterocycles. The number of para-hydroxylation sites is 2. The van der Waals surface area contributed by atoms with E-state index >= 15 is 0 Å². The van der Waals surface area contributed by atoms with E-state index in [1.807, 2.05) is 18.2 Å². The molecule has 3 N–H and O–H groups in total. The van der Waals surface area contributed by atoms with Gasteiger partial charge in [0.05, 0.1) is 27.7 Å². The van der Waals surface area contributed by atoms with Crippen molar-refractivity contribution in [1.82, 2.24) is 15.0 Å². The van der Waals surface area contributed by atoms with Crippen LogP contribution < -0.4 is 16.0 Å². The van der Waals surface area contributed by atoms with Crippen molar-refractivity contribution < 1.29 is 14.5 Å². The van der Waals surface area contributed by atoms with Crippen LogP contribution in [0.1, 0.15) is 29.0 Å². The van der Waals surface area contributed by atoms with Crippen LogP contribution in [0.4, 0.5) is 17.1 Å². The number of non-ortho nitro benzene ring substituents is 1. The molecule has 2 amide bonds. The fraction of sp³-hybridized carbons (Fsp3) is 0.273. The maximum atomic E-state index is 13.0. The third kappa shape index (κ3) is 4.52. The van der Waals surface area contributed by atoms with E-state index in [2.05, 4.69) is 20.5 Å². The first-order chi connectivity index (χ1) is 15.8. The number of nitrogens with zero attached hydrogens (tertiary/aromatic N) is 5. The number of benzene rings is 2. The van der Waals surface area contributed by atoms with Crippen molar-refractivity contribution in [1.29, 1.82) is 0 Å². The van der Waals surface area contributed by atoms with Crippen molar-refractivity contribution in [3.05, 3.63) is 70.0 Å². The summed E-state index contributed by atoms with van der Waals surface area (Å²) >= 11 is 0. The number of anilines is 2. The topological polar surface area (TPSA) is 149 Å². The molecule has 11 nitrogen and oxygen atoms in total. The molecule has 0 unspecified atom stereocenters. The average molecular weight is 449 g/mol. The fourth-order valence-electron chi connectivity index (χ4n) is 3.96. The Bertz CT molecular complexity index is 1210. The second-order valence-corrected chi connectivity index (χ2v) is 7.85. The van der Waals surface area contributed by atoms with E-state index in [4.69, 9.17) is 5.73 Å². The third-order valence-corrected chi connectivity index (χ3v) is 5.79. The van der Waals surface area contributed by atoms with Gasteiger partial charge >= 0.3 is 0 Å². The number of primary amides is 1. The zero-order chi connectivity index (χ0) is 23.5. The van der Waals surface area contributed by atoms with E-state index < -0.39 is 10.8 Å². The van der Waals surface area contributed by atoms with Gasteiger partial charge in [-0.25, -0.2) is 4.68 Å². The number of nitro groups is 1. The van der Waals surface area contributed by atoms with Gasteiger partial charge in [-0.05, 0) is 38.0 Å². The molecule has 4 rings (SSSR count). The first-order valence-electron chi connectivity index (χ1n) is 10.5. The van der Waals surface area contributed by atoms with Gasteiger partial charge in [-0.3, -0.25) is 19.7 Å². The summed E-state index contributed by atoms with van der Waals surface area (Å²) in [5.74, 6) is -0.850. The zero-order valence-corrected chi connectivity index (χ0v) is 18.0. The highest BCUT2D eigenvalue weighted by Gasteiger charge is 2.25. The molecule has 0 radical (unpaired) electrons. The molecular weight excluding hydrogens is 426 g/mol. The number of hydrogen-bond donors (Lipinski definition) is 2. The lowest BCUT2D eigenvalue weighted by molar-refractivity contribution is -0.384. The van der Waals surface area contributed by atoms with Crippen molar-refractivity contribution in [3.63, 3.8) is 0 Å². The molecule has 2 heterocycles. The van der Waals surface area contributed by atoms with Crippen LogP contribution in [0, 0.1) is 23.0 Å². The van der Waals surface area contributed by atoms with E-state index in [9.17, 15) is 19.7 Å². The first kappa shape index (κ1) is 21.9. The van der Waals surface area contributed by atoms with Crippen molar-refractivity contribution in [2.75, 3.05) is 23.3 Å². The largest absolute Gasteiger partial charge is 0.370 e. The Morgan fingerprint density at radius 1 is 1.15 bits per heavy atom. The molecule has 1 aliphatic rings. The molecule has 33 heavy (non-hydrogen) atoms. The molecule has 0 bridgehead atoms. The molecular formula is C22H23N7O4. The number of nitrogens with one attached hydrogen (secondary N) is 1. The van der Waals surface area contributed by atoms with Crippen LogP contribution in [0.5, 0.6) is 0 Å². The van der Waals surface area contributed by atoms with Gasteiger partial charge in [0.1, 0.15) is 0 Å². The monoisotopic (exact) mass is 449 g/mol. The summed E-state index contributed by atoms with van der Waals surface area (Å²) in [6, 6.07) is 13.4. The summed E-state index contributed by atoms with van der Waals surface area (Å²) in [7, 11) is 0. The molecule has 1 fully saturated rings. The minimum atomic E-state index is -0.493. The number of amides is 2. The minimum absolute atomic E-state index is 0.0811. The summed E-state index contributed by atoms with van der Waals surface area (Å²) in [6.45, 7) is 2.99. The number of hydrogen-bond acceptors (Lipinski definition) is 7. The zero-order valence-electron chi connectivity index (χ0n) is 18.0. The lowest BCUT2D eigenvalue weighted by Gasteiger charge is -2.33. The van der Waals surface area contributed by atoms with Crippen LogP contribution in [0.25, 0.3) is 5.69 Å². The van der Waals surface area contributed by atoms with Crippen LogP contribution in [0.15, 0.2) is 48.5 Å². The predicted molar refractivity (Wildman–Crippen MR) is 121 cm³/mol. The van der Waals surface area contributed by atoms with E-state index in [1.165, 1.54) is 16.8 Å². The highest BCUT2D eigenvalue weighted by Crippen LogP contribution is 2.30. The quantitative estimate of drug-likeness (QED) is 0.433. The highest BCUT2D eigenvalue weighted by molar-refractivity contribution is 6.05. The summed E-state index contributed by atoms with van der Waals surface area (Å²) in [4.78, 5) is 37.2. The van der Waals surface area contributed by atoms with Gasteiger partial charge in [0, 0.05) is 31.1 Å². The standard InChI is InChI=1S/C22H23N7O4/c1-14-20(25-26-28(14)16-5-4-6-17(13-16)29(32)33)22(31)24-18-7-2-3-8-19(18)27-11-9-15(10-12-27)21(23)30/h2-8,13,15H,9-12H2,1H3,(H2,23,30)(H,24,31). The molecule has 170 valence electrons. The van der Waals surface area contributed by atoms with Gasteiger partial charge < -0.3 is 16.0 Å². The minimum Gasteiger partial charge on any atom is -0.370 e. The lowest BCUT2D eigenvalue weighted by atomic mass is 9.96. The highest BCUT2D eigenvalue weighted by atomic mass is 16.6. The maximum absolute atomic E-state index is 13.0. The molecule has 1 saturated heterocycles. The van der Waals surface area contributed by atoms with E-state index in [-0.39, 0.29) is 23.2 Å². The molecule has 0 aliphatic carbocycles. The molecule has 0 saturated carbocycles. The second kappa shape index (κ2) is 9.07. The van der Waals surface area contributed by atoms with Crippen LogP contribution in [-0.2, 0) is 4.79 Å². The van der Waals surface area contributed by atoms with Gasteiger partial charge in [0.15, 0.2) is 5.69 Å². The van der Waals surface area contributed by atoms with Crippen molar-refractivity contribution in [2.24, 2.45) is 11.7 Å². The molecule has 11 heteroatoms. The maximum Gasteiger partial charge on any atom is 0.278 e. The van der Waals surface area contributed by atoms with Crippen LogP contribution in [0.3, 0.4) is 0 Å². The Kier molecular flexibility index (Phi) is 6.03. The molecule has 0 atom stereocenters. The van der Waals surface area contributed by atoms with Crippen LogP contribution in [0.2, 0.25) is 0 Å². The van der Waals surface area contributed by atoms with Crippen LogP contribution >= 0.6 is 0 Å². The number of nitrogens with two attached hydrogens (primary N) is 1. The smallest absolute Gasteiger partial charge is 0.278 e. The van der Waals surface area contributed by atoms with Gasteiger partial charge in [-0.1, -0.05) is 23.4 Å². The molecule has 1 aromatic heterocycles. The number of carbonyl (C=O) groups excluding carboxylic acids is 2. The van der Waals surface area contributed by atoms with E-state index in [1.54, 1.807) is 25.1 Å². The Balaban J connectivity index is 1.54. The molecule has 3 aromatic rings. The summed E-state index contributed by atoms with van der Waals surface area (Å²) in [5, 5.41) is 22.0. The molecule has 2 aromatic carbocycles. The summed E-state index contributed by atoms with van der Waals surface area (Å²) in [6.07, 6.45) is 1.32. The Labute approximate surface area is 189 Å². The first-order valence-corrected chi connectivity index (χ1v) is 10.5. The average Bonchev–Trinajstić information content (AvgIpc) is 3.21. The SMILES string of the molecule is Cc1c(C(=O)Nc2ccccc2N2CCC(C(N)=O)CC2)nnn1-c1cccc([N+](=O)[O-])c1. The van der Waals surface area contributed by atoms with Gasteiger partial charge in [0.25, 0.3) is 11.6 Å². The van der Waals surface area contributed by atoms with Gasteiger partial charge in [0.2, 0.25) is 5.91 Å². The van der Waals surface area contributed by atoms with E-state index in [0.717, 1.165) is 5.69 Å². The van der Waals surface area contributed by atoms with Crippen molar-refractivity contribution in [2.45, 2.75) is 19.8 Å². The van der Waals surface area contributed by atoms with Crippen LogP contribution in [-0.4, -0.2) is 44.8 Å². The third-order valence-electron chi connectivity index (χ3n) is 5.79. The van der Waals surface area contributed by atoms with E-state index in [0.29, 0.717) is 43.0 Å². The van der Waals surface area contributed by atoms with Gasteiger partial charge in [-0.2, -0.15) is 0 Å². The number of aromatic nitrogens is 3. The predicted octanol–water partition coefficient (Wildman–Crippen LogP) is 2.44. The number of carbonyl (C=O) groups is 2. The van der Waals surface area contributed by atoms with Crippen molar-refractivity contribution >= 4 is 28.9 Å². The lowest BCUT2D eigenvalue weighted by Crippen LogP contribution is -2.38. The Morgan fingerprint density at radius 3 is 2.58 bits per heavy atom. The Hall–Kier alpha value is -4.28. The number of piperidine rings is 1. The Morgan fingerprint density at radius 2 is 1.88 bits per heavy atom. The second-order valence-electron chi connectivity index (χ2n) is 7.85. The normalized spacial score (nSPS) is 14.2. The summed E-state index contributed by atoms with van der Waals surface area (Å²) < 4.78 is 1.39. The number of rotatable bonds is 6. The molecule has 0 spiro atoms. The summed E-state index contributed by atoms with van der Waals surface area (Å²) in [5.41, 5.74) is 7.81.